The van der Waals surface area contributed by atoms with Crippen LogP contribution in [-0.4, -0.2) is 12.9 Å². The molecule has 3 heteroatoms. The molecule has 0 N–H and O–H groups in total. The van der Waals surface area contributed by atoms with Crippen molar-refractivity contribution in [2.45, 2.75) is 6.92 Å². The average molecular weight is 175 g/mol. The van der Waals surface area contributed by atoms with Crippen LogP contribution in [-0.2, 0) is 0 Å². The zero-order chi connectivity index (χ0) is 9.84. The first-order valence-electron chi connectivity index (χ1n) is 3.78. The van der Waals surface area contributed by atoms with E-state index in [2.05, 4.69) is 0 Å². The van der Waals surface area contributed by atoms with Crippen molar-refractivity contribution in [3.63, 3.8) is 0 Å². The number of hydrogen-bond donors (Lipinski definition) is 0. The lowest BCUT2D eigenvalue weighted by atomic mass is 10.1. The Kier molecular flexibility index (Phi) is 2.65. The molecule has 0 atom stereocenters. The summed E-state index contributed by atoms with van der Waals surface area (Å²) in [4.78, 5) is 11.0. The molecule has 0 aliphatic carbocycles. The van der Waals surface area contributed by atoms with Crippen molar-refractivity contribution >= 4 is 5.78 Å². The maximum absolute atomic E-state index is 11.0. The van der Waals surface area contributed by atoms with Crippen LogP contribution in [0.5, 0.6) is 5.75 Å². The van der Waals surface area contributed by atoms with Gasteiger partial charge in [-0.3, -0.25) is 4.79 Å². The quantitative estimate of drug-likeness (QED) is 0.643. The van der Waals surface area contributed by atoms with Gasteiger partial charge in [-0.05, 0) is 25.1 Å². The SMILES string of the molecule is COc1ccc(C(C)=O)cc1C#N. The molecule has 1 rings (SSSR count). The second-order valence-electron chi connectivity index (χ2n) is 2.58. The highest BCUT2D eigenvalue weighted by Gasteiger charge is 2.05. The second-order valence-corrected chi connectivity index (χ2v) is 2.58. The van der Waals surface area contributed by atoms with Crippen LogP contribution in [0.25, 0.3) is 0 Å². The Morgan fingerprint density at radius 3 is 2.69 bits per heavy atom. The van der Waals surface area contributed by atoms with E-state index >= 15 is 0 Å². The Labute approximate surface area is 76.6 Å². The summed E-state index contributed by atoms with van der Waals surface area (Å²) >= 11 is 0. The fourth-order valence-corrected chi connectivity index (χ4v) is 1.01. The van der Waals surface area contributed by atoms with Gasteiger partial charge < -0.3 is 4.74 Å². The first-order chi connectivity index (χ1) is 6.19. The highest BCUT2D eigenvalue weighted by molar-refractivity contribution is 5.94. The molecule has 0 aromatic heterocycles. The molecular formula is C10H9NO2. The van der Waals surface area contributed by atoms with Crippen molar-refractivity contribution in [1.82, 2.24) is 0 Å². The van der Waals surface area contributed by atoms with Gasteiger partial charge in [-0.1, -0.05) is 0 Å². The van der Waals surface area contributed by atoms with Crippen LogP contribution in [0.3, 0.4) is 0 Å². The van der Waals surface area contributed by atoms with Crippen LogP contribution in [0.2, 0.25) is 0 Å². The van der Waals surface area contributed by atoms with Gasteiger partial charge >= 0.3 is 0 Å². The Hall–Kier alpha value is -1.82. The van der Waals surface area contributed by atoms with E-state index in [-0.39, 0.29) is 5.78 Å². The highest BCUT2D eigenvalue weighted by Crippen LogP contribution is 2.18. The van der Waals surface area contributed by atoms with E-state index in [0.29, 0.717) is 16.9 Å². The summed E-state index contributed by atoms with van der Waals surface area (Å²) in [7, 11) is 1.49. The Morgan fingerprint density at radius 2 is 2.23 bits per heavy atom. The molecule has 0 fully saturated rings. The minimum absolute atomic E-state index is 0.0563. The van der Waals surface area contributed by atoms with E-state index in [4.69, 9.17) is 10.00 Å². The van der Waals surface area contributed by atoms with Gasteiger partial charge in [0.2, 0.25) is 0 Å². The lowest BCUT2D eigenvalue weighted by molar-refractivity contribution is 0.101. The Morgan fingerprint density at radius 1 is 1.54 bits per heavy atom. The minimum Gasteiger partial charge on any atom is -0.495 e. The number of benzene rings is 1. The van der Waals surface area contributed by atoms with Gasteiger partial charge in [-0.15, -0.1) is 0 Å². The number of ether oxygens (including phenoxy) is 1. The number of methoxy groups -OCH3 is 1. The predicted octanol–water partition coefficient (Wildman–Crippen LogP) is 1.77. The summed E-state index contributed by atoms with van der Waals surface area (Å²) in [6.45, 7) is 1.46. The van der Waals surface area contributed by atoms with Crippen molar-refractivity contribution in [2.75, 3.05) is 7.11 Å². The molecule has 0 saturated heterocycles. The third-order valence-electron chi connectivity index (χ3n) is 1.73. The largest absolute Gasteiger partial charge is 0.495 e. The van der Waals surface area contributed by atoms with Gasteiger partial charge in [0, 0.05) is 5.56 Å². The van der Waals surface area contributed by atoms with Crippen LogP contribution < -0.4 is 4.74 Å². The van der Waals surface area contributed by atoms with Gasteiger partial charge in [0.1, 0.15) is 11.8 Å². The molecule has 0 heterocycles. The summed E-state index contributed by atoms with van der Waals surface area (Å²) in [5, 5.41) is 8.71. The van der Waals surface area contributed by atoms with Crippen LogP contribution in [0.1, 0.15) is 22.8 Å². The number of rotatable bonds is 2. The smallest absolute Gasteiger partial charge is 0.159 e. The molecule has 0 saturated carbocycles. The van der Waals surface area contributed by atoms with Crippen LogP contribution in [0, 0.1) is 11.3 Å². The fourth-order valence-electron chi connectivity index (χ4n) is 1.01. The molecule has 0 bridgehead atoms. The first kappa shape index (κ1) is 9.27. The summed E-state index contributed by atoms with van der Waals surface area (Å²) in [6, 6.07) is 6.75. The number of carbonyl (C=O) groups excluding carboxylic acids is 1. The number of nitrogens with zero attached hydrogens (tertiary/aromatic N) is 1. The first-order valence-corrected chi connectivity index (χ1v) is 3.78. The zero-order valence-corrected chi connectivity index (χ0v) is 7.50. The van der Waals surface area contributed by atoms with E-state index in [1.807, 2.05) is 6.07 Å². The molecule has 0 aliphatic heterocycles. The topological polar surface area (TPSA) is 50.1 Å². The Balaban J connectivity index is 3.23. The van der Waals surface area contributed by atoms with Gasteiger partial charge in [-0.2, -0.15) is 5.26 Å². The molecule has 3 nitrogen and oxygen atoms in total. The third kappa shape index (κ3) is 1.85. The van der Waals surface area contributed by atoms with Crippen molar-refractivity contribution in [2.24, 2.45) is 0 Å². The molecular weight excluding hydrogens is 166 g/mol. The highest BCUT2D eigenvalue weighted by atomic mass is 16.5. The average Bonchev–Trinajstić information content (AvgIpc) is 2.16. The molecule has 0 unspecified atom stereocenters. The fraction of sp³-hybridized carbons (Fsp3) is 0.200. The van der Waals surface area contributed by atoms with Crippen molar-refractivity contribution in [1.29, 1.82) is 5.26 Å². The van der Waals surface area contributed by atoms with E-state index < -0.39 is 0 Å². The summed E-state index contributed by atoms with van der Waals surface area (Å²) in [5.41, 5.74) is 0.910. The van der Waals surface area contributed by atoms with Gasteiger partial charge in [0.25, 0.3) is 0 Å². The molecule has 1 aromatic carbocycles. The minimum atomic E-state index is -0.0563. The lowest BCUT2D eigenvalue weighted by Crippen LogP contribution is -1.94. The normalized spacial score (nSPS) is 9.00. The molecule has 0 radical (unpaired) electrons. The van der Waals surface area contributed by atoms with Crippen LogP contribution in [0.15, 0.2) is 18.2 Å². The molecule has 0 amide bonds. The van der Waals surface area contributed by atoms with Crippen LogP contribution >= 0.6 is 0 Å². The van der Waals surface area contributed by atoms with Crippen molar-refractivity contribution in [3.05, 3.63) is 29.3 Å². The van der Waals surface area contributed by atoms with Gasteiger partial charge in [-0.25, -0.2) is 0 Å². The van der Waals surface area contributed by atoms with E-state index in [1.165, 1.54) is 20.1 Å². The van der Waals surface area contributed by atoms with E-state index in [9.17, 15) is 4.79 Å². The van der Waals surface area contributed by atoms with E-state index in [0.717, 1.165) is 0 Å². The summed E-state index contributed by atoms with van der Waals surface area (Å²) in [5.74, 6) is 0.437. The molecule has 0 aliphatic rings. The van der Waals surface area contributed by atoms with Crippen LogP contribution in [0.4, 0.5) is 0 Å². The molecule has 1 aromatic rings. The Bertz CT molecular complexity index is 377. The zero-order valence-electron chi connectivity index (χ0n) is 7.50. The van der Waals surface area contributed by atoms with Crippen molar-refractivity contribution in [3.8, 4) is 11.8 Å². The molecule has 0 spiro atoms. The standard InChI is InChI=1S/C10H9NO2/c1-7(12)8-3-4-10(13-2)9(5-8)6-11/h3-5H,1-2H3. The third-order valence-corrected chi connectivity index (χ3v) is 1.73. The molecule has 66 valence electrons. The lowest BCUT2D eigenvalue weighted by Gasteiger charge is -2.02. The number of hydrogen-bond acceptors (Lipinski definition) is 3. The maximum atomic E-state index is 11.0. The number of ketones is 1. The summed E-state index contributed by atoms with van der Waals surface area (Å²) in [6.07, 6.45) is 0. The summed E-state index contributed by atoms with van der Waals surface area (Å²) < 4.78 is 4.94. The maximum Gasteiger partial charge on any atom is 0.159 e. The number of Topliss-reactive ketones (excluding diaryl/α,β-unsaturated/α-hetero) is 1. The number of carbonyl (C=O) groups is 1. The van der Waals surface area contributed by atoms with Crippen molar-refractivity contribution < 1.29 is 9.53 Å². The molecule has 13 heavy (non-hydrogen) atoms. The van der Waals surface area contributed by atoms with Gasteiger partial charge in [0.05, 0.1) is 12.7 Å². The van der Waals surface area contributed by atoms with E-state index in [1.54, 1.807) is 12.1 Å². The van der Waals surface area contributed by atoms with Gasteiger partial charge in [0.15, 0.2) is 5.78 Å². The number of nitriles is 1. The second kappa shape index (κ2) is 3.72. The predicted molar refractivity (Wildman–Crippen MR) is 47.7 cm³/mol. The monoisotopic (exact) mass is 175 g/mol.